The van der Waals surface area contributed by atoms with Crippen molar-refractivity contribution in [3.8, 4) is 0 Å². The minimum Gasteiger partial charge on any atom is -0.329 e. The van der Waals surface area contributed by atoms with Gasteiger partial charge in [-0.3, -0.25) is 4.90 Å². The van der Waals surface area contributed by atoms with E-state index in [0.717, 1.165) is 37.6 Å². The fourth-order valence-electron chi connectivity index (χ4n) is 4.13. The molecule has 0 atom stereocenters. The molecule has 0 amide bonds. The summed E-state index contributed by atoms with van der Waals surface area (Å²) in [4.78, 5) is 6.93. The maximum atomic E-state index is 13.3. The number of hydrogen-bond acceptors (Lipinski definition) is 2. The lowest BCUT2D eigenvalue weighted by Gasteiger charge is -2.35. The zero-order valence-corrected chi connectivity index (χ0v) is 14.8. The van der Waals surface area contributed by atoms with Crippen molar-refractivity contribution in [1.82, 2.24) is 14.5 Å². The molecule has 0 N–H and O–H groups in total. The third kappa shape index (κ3) is 3.95. The zero-order chi connectivity index (χ0) is 18.1. The quantitative estimate of drug-likeness (QED) is 0.810. The van der Waals surface area contributed by atoms with Crippen LogP contribution in [0, 0.1) is 11.7 Å². The van der Waals surface area contributed by atoms with Gasteiger partial charge in [0, 0.05) is 51.6 Å². The lowest BCUT2D eigenvalue weighted by atomic mass is 9.86. The molecule has 0 saturated heterocycles. The van der Waals surface area contributed by atoms with Gasteiger partial charge >= 0.3 is 0 Å². The molecule has 6 heteroatoms. The van der Waals surface area contributed by atoms with E-state index in [1.54, 1.807) is 12.1 Å². The molecule has 0 bridgehead atoms. The molecule has 1 aliphatic carbocycles. The van der Waals surface area contributed by atoms with E-state index in [0.29, 0.717) is 25.2 Å². The molecule has 2 heterocycles. The molecular formula is C20H24F3N3. The summed E-state index contributed by atoms with van der Waals surface area (Å²) in [6.07, 6.45) is 3.92. The monoisotopic (exact) mass is 363 g/mol. The van der Waals surface area contributed by atoms with E-state index in [1.165, 1.54) is 17.8 Å². The number of halogens is 3. The molecule has 0 unspecified atom stereocenters. The number of hydrogen-bond donors (Lipinski definition) is 0. The third-order valence-corrected chi connectivity index (χ3v) is 5.67. The first-order valence-corrected chi connectivity index (χ1v) is 9.36. The summed E-state index contributed by atoms with van der Waals surface area (Å²) in [5.74, 6) is -1.30. The minimum absolute atomic E-state index is 0.0330. The highest BCUT2D eigenvalue weighted by Gasteiger charge is 2.35. The van der Waals surface area contributed by atoms with Gasteiger partial charge in [-0.2, -0.15) is 0 Å². The summed E-state index contributed by atoms with van der Waals surface area (Å²) in [5, 5.41) is 0. The molecule has 1 aliphatic heterocycles. The molecule has 2 aliphatic rings. The number of rotatable bonds is 4. The van der Waals surface area contributed by atoms with Crippen LogP contribution < -0.4 is 0 Å². The average molecular weight is 363 g/mol. The molecule has 4 rings (SSSR count). The second-order valence-electron chi connectivity index (χ2n) is 7.66. The van der Waals surface area contributed by atoms with Crippen molar-refractivity contribution in [2.24, 2.45) is 5.92 Å². The van der Waals surface area contributed by atoms with Crippen LogP contribution in [-0.2, 0) is 19.5 Å². The van der Waals surface area contributed by atoms with Crippen LogP contribution >= 0.6 is 0 Å². The fraction of sp³-hybridized carbons (Fsp3) is 0.550. The molecule has 2 aromatic rings. The van der Waals surface area contributed by atoms with E-state index < -0.39 is 5.92 Å². The number of nitrogens with zero attached hydrogens (tertiary/aromatic N) is 3. The molecule has 0 radical (unpaired) electrons. The van der Waals surface area contributed by atoms with Crippen molar-refractivity contribution >= 4 is 0 Å². The van der Waals surface area contributed by atoms with Gasteiger partial charge in [0.25, 0.3) is 0 Å². The van der Waals surface area contributed by atoms with E-state index >= 15 is 0 Å². The van der Waals surface area contributed by atoms with E-state index in [4.69, 9.17) is 0 Å². The molecular weight excluding hydrogens is 339 g/mol. The van der Waals surface area contributed by atoms with Gasteiger partial charge in [-0.15, -0.1) is 0 Å². The Balaban J connectivity index is 1.36. The summed E-state index contributed by atoms with van der Waals surface area (Å²) >= 11 is 0. The van der Waals surface area contributed by atoms with Crippen LogP contribution in [0.2, 0.25) is 0 Å². The summed E-state index contributed by atoms with van der Waals surface area (Å²) in [6.45, 7) is 3.51. The van der Waals surface area contributed by atoms with Crippen LogP contribution in [0.25, 0.3) is 0 Å². The topological polar surface area (TPSA) is 21.1 Å². The Hall–Kier alpha value is -1.82. The van der Waals surface area contributed by atoms with Gasteiger partial charge in [0.15, 0.2) is 0 Å². The Morgan fingerprint density at radius 2 is 1.81 bits per heavy atom. The predicted octanol–water partition coefficient (Wildman–Crippen LogP) is 4.25. The van der Waals surface area contributed by atoms with Crippen molar-refractivity contribution in [2.45, 2.75) is 51.1 Å². The van der Waals surface area contributed by atoms with E-state index in [9.17, 15) is 13.2 Å². The van der Waals surface area contributed by atoms with Crippen molar-refractivity contribution < 1.29 is 13.2 Å². The fourth-order valence-corrected chi connectivity index (χ4v) is 4.13. The van der Waals surface area contributed by atoms with Crippen LogP contribution in [0.3, 0.4) is 0 Å². The average Bonchev–Trinajstić information content (AvgIpc) is 3.01. The summed E-state index contributed by atoms with van der Waals surface area (Å²) in [5.41, 5.74) is 2.22. The molecule has 0 spiro atoms. The molecule has 1 aromatic heterocycles. The number of imidazole rings is 1. The largest absolute Gasteiger partial charge is 0.329 e. The third-order valence-electron chi connectivity index (χ3n) is 5.67. The van der Waals surface area contributed by atoms with E-state index in [2.05, 4.69) is 14.5 Å². The molecule has 1 fully saturated rings. The second kappa shape index (κ2) is 7.06. The van der Waals surface area contributed by atoms with Gasteiger partial charge in [-0.25, -0.2) is 18.2 Å². The number of alkyl halides is 2. The van der Waals surface area contributed by atoms with Gasteiger partial charge in [0.05, 0.1) is 5.69 Å². The summed E-state index contributed by atoms with van der Waals surface area (Å²) < 4.78 is 41.9. The Morgan fingerprint density at radius 1 is 1.08 bits per heavy atom. The number of fused-ring (bicyclic) bond motifs is 1. The maximum Gasteiger partial charge on any atom is 0.248 e. The molecule has 1 aromatic carbocycles. The maximum absolute atomic E-state index is 13.3. The Bertz CT molecular complexity index is 744. The highest BCUT2D eigenvalue weighted by molar-refractivity contribution is 5.21. The van der Waals surface area contributed by atoms with Crippen molar-refractivity contribution in [3.63, 3.8) is 0 Å². The van der Waals surface area contributed by atoms with Crippen molar-refractivity contribution in [2.75, 3.05) is 13.1 Å². The predicted molar refractivity (Wildman–Crippen MR) is 93.6 cm³/mol. The minimum atomic E-state index is -2.45. The Morgan fingerprint density at radius 3 is 2.54 bits per heavy atom. The lowest BCUT2D eigenvalue weighted by molar-refractivity contribution is -0.0495. The van der Waals surface area contributed by atoms with Gasteiger partial charge in [-0.05, 0) is 36.5 Å². The van der Waals surface area contributed by atoms with Crippen LogP contribution in [0.4, 0.5) is 13.2 Å². The Kier molecular flexibility index (Phi) is 4.78. The van der Waals surface area contributed by atoms with Gasteiger partial charge in [0.1, 0.15) is 11.6 Å². The first-order valence-electron chi connectivity index (χ1n) is 9.36. The Labute approximate surface area is 151 Å². The SMILES string of the molecule is Fc1ccc(Cc2ncc3n2CCN(CC2CCC(F)(F)CC2)C3)cc1. The zero-order valence-electron chi connectivity index (χ0n) is 14.8. The number of aromatic nitrogens is 2. The van der Waals surface area contributed by atoms with Gasteiger partial charge in [0.2, 0.25) is 5.92 Å². The smallest absolute Gasteiger partial charge is 0.248 e. The molecule has 26 heavy (non-hydrogen) atoms. The standard InChI is InChI=1S/C20H24F3N3/c21-17-3-1-15(2-4-17)11-19-24-12-18-14-25(9-10-26(18)19)13-16-5-7-20(22,23)8-6-16/h1-4,12,16H,5-11,13-14H2. The summed E-state index contributed by atoms with van der Waals surface area (Å²) in [7, 11) is 0. The second-order valence-corrected chi connectivity index (χ2v) is 7.66. The normalized spacial score (nSPS) is 20.9. The van der Waals surface area contributed by atoms with Crippen LogP contribution in [-0.4, -0.2) is 33.5 Å². The molecule has 3 nitrogen and oxygen atoms in total. The van der Waals surface area contributed by atoms with Crippen LogP contribution in [0.1, 0.15) is 42.8 Å². The van der Waals surface area contributed by atoms with Gasteiger partial charge < -0.3 is 4.57 Å². The first kappa shape index (κ1) is 17.6. The van der Waals surface area contributed by atoms with Crippen molar-refractivity contribution in [1.29, 1.82) is 0 Å². The molecule has 140 valence electrons. The first-order chi connectivity index (χ1) is 12.5. The molecule has 1 saturated carbocycles. The number of benzene rings is 1. The highest BCUT2D eigenvalue weighted by Crippen LogP contribution is 2.36. The van der Waals surface area contributed by atoms with Crippen molar-refractivity contribution in [3.05, 3.63) is 53.4 Å². The van der Waals surface area contributed by atoms with Crippen LogP contribution in [0.15, 0.2) is 30.5 Å². The van der Waals surface area contributed by atoms with E-state index in [-0.39, 0.29) is 18.7 Å². The van der Waals surface area contributed by atoms with Gasteiger partial charge in [-0.1, -0.05) is 12.1 Å². The summed E-state index contributed by atoms with van der Waals surface area (Å²) in [6, 6.07) is 6.55. The highest BCUT2D eigenvalue weighted by atomic mass is 19.3. The van der Waals surface area contributed by atoms with E-state index in [1.807, 2.05) is 6.20 Å². The van der Waals surface area contributed by atoms with Crippen LogP contribution in [0.5, 0.6) is 0 Å². The lowest BCUT2D eigenvalue weighted by Crippen LogP contribution is -2.39.